The van der Waals surface area contributed by atoms with E-state index in [1.807, 2.05) is 39.0 Å². The van der Waals surface area contributed by atoms with Gasteiger partial charge < -0.3 is 11.1 Å². The van der Waals surface area contributed by atoms with Crippen LogP contribution in [0.4, 0.5) is 5.69 Å². The number of rotatable bonds is 3. The first-order valence-electron chi connectivity index (χ1n) is 4.96. The molecule has 0 spiro atoms. The summed E-state index contributed by atoms with van der Waals surface area (Å²) in [5, 5.41) is 12.1. The summed E-state index contributed by atoms with van der Waals surface area (Å²) in [7, 11) is 0. The summed E-state index contributed by atoms with van der Waals surface area (Å²) in [6.07, 6.45) is 0. The Morgan fingerprint density at radius 1 is 1.47 bits per heavy atom. The Morgan fingerprint density at radius 2 is 2.13 bits per heavy atom. The SMILES string of the molecule is Cc1ccc(NCC(C)(C)N)c(C#N)c1. The fraction of sp³-hybridized carbons (Fsp3) is 0.417. The van der Waals surface area contributed by atoms with Gasteiger partial charge in [0.15, 0.2) is 0 Å². The first-order chi connectivity index (χ1) is 6.92. The lowest BCUT2D eigenvalue weighted by molar-refractivity contribution is 0.549. The Bertz CT molecular complexity index is 383. The second-order valence-electron chi connectivity index (χ2n) is 4.50. The van der Waals surface area contributed by atoms with Gasteiger partial charge in [-0.2, -0.15) is 5.26 Å². The van der Waals surface area contributed by atoms with Gasteiger partial charge in [0, 0.05) is 12.1 Å². The number of aryl methyl sites for hydroxylation is 1. The van der Waals surface area contributed by atoms with Gasteiger partial charge >= 0.3 is 0 Å². The van der Waals surface area contributed by atoms with Gasteiger partial charge in [-0.15, -0.1) is 0 Å². The van der Waals surface area contributed by atoms with Gasteiger partial charge in [0.25, 0.3) is 0 Å². The highest BCUT2D eigenvalue weighted by Crippen LogP contribution is 2.16. The molecule has 0 fully saturated rings. The van der Waals surface area contributed by atoms with Crippen molar-refractivity contribution >= 4 is 5.69 Å². The third-order valence-corrected chi connectivity index (χ3v) is 2.03. The van der Waals surface area contributed by atoms with Crippen molar-refractivity contribution in [1.82, 2.24) is 0 Å². The summed E-state index contributed by atoms with van der Waals surface area (Å²) < 4.78 is 0. The largest absolute Gasteiger partial charge is 0.382 e. The van der Waals surface area contributed by atoms with Crippen LogP contribution in [0.2, 0.25) is 0 Å². The quantitative estimate of drug-likeness (QED) is 0.790. The predicted octanol–water partition coefficient (Wildman–Crippen LogP) is 2.02. The Hall–Kier alpha value is -1.53. The van der Waals surface area contributed by atoms with Gasteiger partial charge in [-0.3, -0.25) is 0 Å². The average Bonchev–Trinajstić information content (AvgIpc) is 2.14. The van der Waals surface area contributed by atoms with Crippen molar-refractivity contribution in [3.63, 3.8) is 0 Å². The molecule has 0 saturated heterocycles. The summed E-state index contributed by atoms with van der Waals surface area (Å²) in [5.41, 5.74) is 8.18. The lowest BCUT2D eigenvalue weighted by Gasteiger charge is -2.20. The van der Waals surface area contributed by atoms with Crippen molar-refractivity contribution in [3.05, 3.63) is 29.3 Å². The number of nitrogens with one attached hydrogen (secondary N) is 1. The molecule has 0 aliphatic heterocycles. The van der Waals surface area contributed by atoms with E-state index in [1.54, 1.807) is 0 Å². The molecule has 3 N–H and O–H groups in total. The molecule has 0 unspecified atom stereocenters. The minimum absolute atomic E-state index is 0.280. The predicted molar refractivity (Wildman–Crippen MR) is 62.7 cm³/mol. The molecule has 0 atom stereocenters. The van der Waals surface area contributed by atoms with E-state index >= 15 is 0 Å². The second-order valence-corrected chi connectivity index (χ2v) is 4.50. The van der Waals surface area contributed by atoms with E-state index in [1.165, 1.54) is 0 Å². The molecule has 0 saturated carbocycles. The lowest BCUT2D eigenvalue weighted by Crippen LogP contribution is -2.39. The zero-order chi connectivity index (χ0) is 11.5. The smallest absolute Gasteiger partial charge is 0.101 e. The van der Waals surface area contributed by atoms with Crippen LogP contribution in [0.1, 0.15) is 25.0 Å². The first kappa shape index (κ1) is 11.5. The molecule has 1 rings (SSSR count). The summed E-state index contributed by atoms with van der Waals surface area (Å²) in [6.45, 7) is 6.50. The molecule has 1 aromatic rings. The number of nitrogens with two attached hydrogens (primary N) is 1. The van der Waals surface area contributed by atoms with E-state index < -0.39 is 0 Å². The Kier molecular flexibility index (Phi) is 3.33. The molecule has 0 aliphatic rings. The molecule has 0 amide bonds. The van der Waals surface area contributed by atoms with Crippen LogP contribution >= 0.6 is 0 Å². The number of benzene rings is 1. The third kappa shape index (κ3) is 3.61. The van der Waals surface area contributed by atoms with Crippen LogP contribution in [0.25, 0.3) is 0 Å². The van der Waals surface area contributed by atoms with Gasteiger partial charge in [0.1, 0.15) is 6.07 Å². The highest BCUT2D eigenvalue weighted by molar-refractivity contribution is 5.58. The first-order valence-corrected chi connectivity index (χ1v) is 4.96. The second kappa shape index (κ2) is 4.33. The standard InChI is InChI=1S/C12H17N3/c1-9-4-5-11(10(6-9)7-13)15-8-12(2,3)14/h4-6,15H,8,14H2,1-3H3. The molecule has 0 heterocycles. The minimum Gasteiger partial charge on any atom is -0.382 e. The minimum atomic E-state index is -0.280. The summed E-state index contributed by atoms with van der Waals surface area (Å²) >= 11 is 0. The Labute approximate surface area is 90.9 Å². The zero-order valence-electron chi connectivity index (χ0n) is 9.46. The van der Waals surface area contributed by atoms with Crippen LogP contribution in [-0.2, 0) is 0 Å². The van der Waals surface area contributed by atoms with Gasteiger partial charge in [0.2, 0.25) is 0 Å². The van der Waals surface area contributed by atoms with E-state index in [4.69, 9.17) is 11.0 Å². The van der Waals surface area contributed by atoms with Crippen LogP contribution in [0.3, 0.4) is 0 Å². The fourth-order valence-corrected chi connectivity index (χ4v) is 1.23. The highest BCUT2D eigenvalue weighted by Gasteiger charge is 2.11. The molecule has 0 aliphatic carbocycles. The molecule has 80 valence electrons. The van der Waals surface area contributed by atoms with E-state index in [-0.39, 0.29) is 5.54 Å². The maximum atomic E-state index is 8.95. The number of nitrogens with zero attached hydrogens (tertiary/aromatic N) is 1. The fourth-order valence-electron chi connectivity index (χ4n) is 1.23. The molecule has 0 bridgehead atoms. The zero-order valence-corrected chi connectivity index (χ0v) is 9.46. The average molecular weight is 203 g/mol. The summed E-state index contributed by atoms with van der Waals surface area (Å²) in [5.74, 6) is 0. The van der Waals surface area contributed by atoms with E-state index in [0.29, 0.717) is 12.1 Å². The summed E-state index contributed by atoms with van der Waals surface area (Å²) in [6, 6.07) is 7.93. The van der Waals surface area contributed by atoms with Crippen LogP contribution in [0.5, 0.6) is 0 Å². The molecule has 1 aromatic carbocycles. The van der Waals surface area contributed by atoms with Crippen molar-refractivity contribution in [2.24, 2.45) is 5.73 Å². The van der Waals surface area contributed by atoms with Crippen LogP contribution in [0, 0.1) is 18.3 Å². The van der Waals surface area contributed by atoms with E-state index in [2.05, 4.69) is 11.4 Å². The van der Waals surface area contributed by atoms with Crippen molar-refractivity contribution in [3.8, 4) is 6.07 Å². The van der Waals surface area contributed by atoms with E-state index in [9.17, 15) is 0 Å². The van der Waals surface area contributed by atoms with Crippen LogP contribution in [-0.4, -0.2) is 12.1 Å². The van der Waals surface area contributed by atoms with Gasteiger partial charge in [-0.05, 0) is 38.5 Å². The molecular weight excluding hydrogens is 186 g/mol. The maximum Gasteiger partial charge on any atom is 0.101 e. The molecule has 15 heavy (non-hydrogen) atoms. The topological polar surface area (TPSA) is 61.8 Å². The van der Waals surface area contributed by atoms with Gasteiger partial charge in [-0.1, -0.05) is 6.07 Å². The molecule has 3 heteroatoms. The number of anilines is 1. The molecule has 3 nitrogen and oxygen atoms in total. The highest BCUT2D eigenvalue weighted by atomic mass is 14.9. The van der Waals surface area contributed by atoms with Crippen molar-refractivity contribution in [2.75, 3.05) is 11.9 Å². The number of hydrogen-bond acceptors (Lipinski definition) is 3. The molecular formula is C12H17N3. The van der Waals surface area contributed by atoms with Gasteiger partial charge in [0.05, 0.1) is 11.3 Å². The molecule has 0 radical (unpaired) electrons. The summed E-state index contributed by atoms with van der Waals surface area (Å²) in [4.78, 5) is 0. The number of hydrogen-bond donors (Lipinski definition) is 2. The van der Waals surface area contributed by atoms with Crippen LogP contribution in [0.15, 0.2) is 18.2 Å². The normalized spacial score (nSPS) is 10.9. The monoisotopic (exact) mass is 203 g/mol. The third-order valence-electron chi connectivity index (χ3n) is 2.03. The van der Waals surface area contributed by atoms with Crippen molar-refractivity contribution in [2.45, 2.75) is 26.3 Å². The van der Waals surface area contributed by atoms with Crippen molar-refractivity contribution in [1.29, 1.82) is 5.26 Å². The maximum absolute atomic E-state index is 8.95. The molecule has 0 aromatic heterocycles. The lowest BCUT2D eigenvalue weighted by atomic mass is 10.1. The van der Waals surface area contributed by atoms with Crippen molar-refractivity contribution < 1.29 is 0 Å². The van der Waals surface area contributed by atoms with E-state index in [0.717, 1.165) is 11.3 Å². The Balaban J connectivity index is 2.82. The van der Waals surface area contributed by atoms with Crippen LogP contribution < -0.4 is 11.1 Å². The van der Waals surface area contributed by atoms with Gasteiger partial charge in [-0.25, -0.2) is 0 Å². The Morgan fingerprint density at radius 3 is 2.67 bits per heavy atom. The number of nitriles is 1.